The fourth-order valence-corrected chi connectivity index (χ4v) is 4.88. The first-order valence-corrected chi connectivity index (χ1v) is 13.0. The number of nitrogens with one attached hydrogen (secondary N) is 2. The van der Waals surface area contributed by atoms with Gasteiger partial charge in [-0.05, 0) is 63.3 Å². The molecule has 37 heavy (non-hydrogen) atoms. The monoisotopic (exact) mass is 512 g/mol. The second-order valence-corrected chi connectivity index (χ2v) is 9.79. The molecule has 0 unspecified atom stereocenters. The van der Waals surface area contributed by atoms with Crippen LogP contribution in [0.4, 0.5) is 0 Å². The summed E-state index contributed by atoms with van der Waals surface area (Å²) in [6.45, 7) is 4.29. The maximum Gasteiger partial charge on any atom is 0.292 e. The smallest absolute Gasteiger partial charge is 0.292 e. The van der Waals surface area contributed by atoms with E-state index in [1.165, 1.54) is 0 Å². The van der Waals surface area contributed by atoms with Crippen LogP contribution in [-0.4, -0.2) is 73.8 Å². The number of hydrogen-bond donors (Lipinski definition) is 2. The molecule has 1 spiro atoms. The third-order valence-corrected chi connectivity index (χ3v) is 7.30. The Balaban J connectivity index is 1.41. The predicted octanol–water partition coefficient (Wildman–Crippen LogP) is 2.78. The predicted molar refractivity (Wildman–Crippen MR) is 136 cm³/mol. The molecule has 2 N–H and O–H groups in total. The van der Waals surface area contributed by atoms with E-state index < -0.39 is 11.5 Å². The summed E-state index contributed by atoms with van der Waals surface area (Å²) in [5, 5.41) is 9.84. The molecule has 0 aliphatic carbocycles. The van der Waals surface area contributed by atoms with Crippen molar-refractivity contribution in [3.8, 4) is 17.0 Å². The summed E-state index contributed by atoms with van der Waals surface area (Å²) in [7, 11) is 1.60. The summed E-state index contributed by atoms with van der Waals surface area (Å²) >= 11 is 0. The summed E-state index contributed by atoms with van der Waals surface area (Å²) in [5.74, 6) is 0.326. The molecule has 2 aliphatic rings. The average molecular weight is 513 g/mol. The van der Waals surface area contributed by atoms with Crippen molar-refractivity contribution in [3.05, 3.63) is 36.1 Å². The third kappa shape index (κ3) is 6.49. The Morgan fingerprint density at radius 2 is 1.81 bits per heavy atom. The molecular weight excluding hydrogens is 476 g/mol. The quantitative estimate of drug-likeness (QED) is 0.648. The molecule has 2 saturated heterocycles. The molecule has 2 fully saturated rings. The topological polar surface area (TPSA) is 123 Å². The molecule has 4 rings (SSSR count). The molecular formula is C27H36N4O6. The summed E-state index contributed by atoms with van der Waals surface area (Å²) in [6.07, 6.45) is 4.16. The van der Waals surface area contributed by atoms with Gasteiger partial charge in [0.25, 0.3) is 5.91 Å². The second kappa shape index (κ2) is 12.2. The molecule has 0 bridgehead atoms. The van der Waals surface area contributed by atoms with E-state index in [2.05, 4.69) is 15.8 Å². The van der Waals surface area contributed by atoms with Crippen LogP contribution < -0.4 is 15.4 Å². The van der Waals surface area contributed by atoms with Crippen molar-refractivity contribution in [2.24, 2.45) is 5.41 Å². The molecule has 10 heteroatoms. The number of aromatic nitrogens is 1. The minimum Gasteiger partial charge on any atom is -0.497 e. The van der Waals surface area contributed by atoms with Crippen molar-refractivity contribution < 1.29 is 28.4 Å². The zero-order valence-corrected chi connectivity index (χ0v) is 21.6. The summed E-state index contributed by atoms with van der Waals surface area (Å²) in [5.41, 5.74) is 0.754. The van der Waals surface area contributed by atoms with Crippen LogP contribution in [0.5, 0.6) is 5.75 Å². The summed E-state index contributed by atoms with van der Waals surface area (Å²) in [6, 6.07) is 8.37. The van der Waals surface area contributed by atoms with Crippen LogP contribution in [-0.2, 0) is 14.3 Å². The number of rotatable bonds is 3. The summed E-state index contributed by atoms with van der Waals surface area (Å²) < 4.78 is 16.2. The fourth-order valence-electron chi connectivity index (χ4n) is 4.88. The lowest BCUT2D eigenvalue weighted by atomic mass is 9.73. The van der Waals surface area contributed by atoms with Crippen LogP contribution in [0.1, 0.15) is 56.0 Å². The SMILES string of the molecule is COc1ccc(-c2cc(C(=O)N3CCC4(CCCCOCCCNC(=O)[C@H](C)NC4=O)CC3)on2)cc1. The lowest BCUT2D eigenvalue weighted by Crippen LogP contribution is -2.54. The van der Waals surface area contributed by atoms with Gasteiger partial charge in [0.1, 0.15) is 17.5 Å². The number of hydrogen-bond acceptors (Lipinski definition) is 7. The van der Waals surface area contributed by atoms with Gasteiger partial charge in [-0.2, -0.15) is 0 Å². The van der Waals surface area contributed by atoms with Gasteiger partial charge in [-0.3, -0.25) is 14.4 Å². The first-order chi connectivity index (χ1) is 17.9. The van der Waals surface area contributed by atoms with Gasteiger partial charge in [-0.1, -0.05) is 11.6 Å². The minimum atomic E-state index is -0.634. The highest BCUT2D eigenvalue weighted by Gasteiger charge is 2.43. The second-order valence-electron chi connectivity index (χ2n) is 9.79. The molecule has 200 valence electrons. The zero-order valence-electron chi connectivity index (χ0n) is 21.6. The first-order valence-electron chi connectivity index (χ1n) is 13.0. The van der Waals surface area contributed by atoms with Gasteiger partial charge in [0.15, 0.2) is 0 Å². The zero-order chi connectivity index (χ0) is 26.3. The van der Waals surface area contributed by atoms with Crippen molar-refractivity contribution in [1.82, 2.24) is 20.7 Å². The molecule has 1 aromatic carbocycles. The first kappa shape index (κ1) is 26.7. The van der Waals surface area contributed by atoms with Gasteiger partial charge in [0.2, 0.25) is 17.6 Å². The van der Waals surface area contributed by atoms with Crippen molar-refractivity contribution in [3.63, 3.8) is 0 Å². The molecule has 0 radical (unpaired) electrons. The van der Waals surface area contributed by atoms with Crippen molar-refractivity contribution >= 4 is 17.7 Å². The lowest BCUT2D eigenvalue weighted by Gasteiger charge is -2.41. The minimum absolute atomic E-state index is 0.123. The largest absolute Gasteiger partial charge is 0.497 e. The van der Waals surface area contributed by atoms with Crippen LogP contribution in [0.2, 0.25) is 0 Å². The number of carbonyl (C=O) groups is 3. The number of nitrogens with zero attached hydrogens (tertiary/aromatic N) is 2. The molecule has 1 aromatic heterocycles. The number of amides is 3. The number of benzene rings is 1. The van der Waals surface area contributed by atoms with Crippen LogP contribution in [0.3, 0.4) is 0 Å². The Morgan fingerprint density at radius 3 is 2.54 bits per heavy atom. The maximum absolute atomic E-state index is 13.4. The Bertz CT molecular complexity index is 1070. The van der Waals surface area contributed by atoms with E-state index in [1.807, 2.05) is 24.3 Å². The van der Waals surface area contributed by atoms with E-state index in [0.29, 0.717) is 57.8 Å². The Hall–Kier alpha value is -3.40. The molecule has 0 saturated carbocycles. The van der Waals surface area contributed by atoms with E-state index in [9.17, 15) is 14.4 Å². The normalized spacial score (nSPS) is 21.6. The highest BCUT2D eigenvalue weighted by molar-refractivity contribution is 5.93. The van der Waals surface area contributed by atoms with Crippen LogP contribution in [0.15, 0.2) is 34.9 Å². The van der Waals surface area contributed by atoms with Crippen LogP contribution >= 0.6 is 0 Å². The summed E-state index contributed by atoms with van der Waals surface area (Å²) in [4.78, 5) is 40.7. The highest BCUT2D eigenvalue weighted by Crippen LogP contribution is 2.38. The Kier molecular flexibility index (Phi) is 8.81. The van der Waals surface area contributed by atoms with Crippen LogP contribution in [0, 0.1) is 5.41 Å². The average Bonchev–Trinajstić information content (AvgIpc) is 3.42. The molecule has 3 heterocycles. The van der Waals surface area contributed by atoms with E-state index in [1.54, 1.807) is 25.0 Å². The number of methoxy groups -OCH3 is 1. The van der Waals surface area contributed by atoms with E-state index in [-0.39, 0.29) is 23.5 Å². The highest BCUT2D eigenvalue weighted by atomic mass is 16.5. The van der Waals surface area contributed by atoms with Crippen molar-refractivity contribution in [2.45, 2.75) is 51.5 Å². The molecule has 3 amide bonds. The van der Waals surface area contributed by atoms with Gasteiger partial charge < -0.3 is 29.5 Å². The molecule has 10 nitrogen and oxygen atoms in total. The van der Waals surface area contributed by atoms with Crippen molar-refractivity contribution in [1.29, 1.82) is 0 Å². The number of ether oxygens (including phenoxy) is 2. The molecule has 2 aliphatic heterocycles. The number of piperidine rings is 1. The van der Waals surface area contributed by atoms with Gasteiger partial charge in [-0.15, -0.1) is 0 Å². The fraction of sp³-hybridized carbons (Fsp3) is 0.556. The Labute approximate surface area is 217 Å². The standard InChI is InChI=1S/C27H36N4O6/c1-19-24(32)28-13-5-17-36-16-4-3-10-27(26(34)29-19)11-14-31(15-12-27)25(33)23-18-22(30-37-23)20-6-8-21(35-2)9-7-20/h6-9,18-19H,3-5,10-17H2,1-2H3,(H,28,32)(H,29,34)/t19-/m0/s1. The van der Waals surface area contributed by atoms with E-state index in [0.717, 1.165) is 30.6 Å². The third-order valence-electron chi connectivity index (χ3n) is 7.30. The van der Waals surface area contributed by atoms with E-state index in [4.69, 9.17) is 14.0 Å². The maximum atomic E-state index is 13.4. The molecule has 2 aromatic rings. The number of carbonyl (C=O) groups excluding carboxylic acids is 3. The van der Waals surface area contributed by atoms with E-state index >= 15 is 0 Å². The molecule has 1 atom stereocenters. The van der Waals surface area contributed by atoms with Gasteiger partial charge >= 0.3 is 0 Å². The van der Waals surface area contributed by atoms with Crippen LogP contribution in [0.25, 0.3) is 11.3 Å². The number of likely N-dealkylation sites (tertiary alicyclic amines) is 1. The van der Waals surface area contributed by atoms with Gasteiger partial charge in [-0.25, -0.2) is 0 Å². The Morgan fingerprint density at radius 1 is 1.08 bits per heavy atom. The van der Waals surface area contributed by atoms with Gasteiger partial charge in [0, 0.05) is 44.5 Å². The van der Waals surface area contributed by atoms with Crippen molar-refractivity contribution in [2.75, 3.05) is 40.0 Å². The van der Waals surface area contributed by atoms with Gasteiger partial charge in [0.05, 0.1) is 12.5 Å². The lowest BCUT2D eigenvalue weighted by molar-refractivity contribution is -0.137.